The highest BCUT2D eigenvalue weighted by atomic mass is 16.5. The van der Waals surface area contributed by atoms with Crippen molar-refractivity contribution in [1.82, 2.24) is 9.97 Å². The van der Waals surface area contributed by atoms with Crippen LogP contribution in [0.15, 0.2) is 36.7 Å². The summed E-state index contributed by atoms with van der Waals surface area (Å²) in [6.07, 6.45) is 8.49. The lowest BCUT2D eigenvalue weighted by molar-refractivity contribution is 0.0636. The minimum atomic E-state index is 0.691. The number of nitrogens with one attached hydrogen (secondary N) is 1. The number of benzene rings is 1. The maximum absolute atomic E-state index is 5.70. The first kappa shape index (κ1) is 16.0. The Balaban J connectivity index is 1.45. The van der Waals surface area contributed by atoms with Crippen LogP contribution in [0.25, 0.3) is 11.1 Å². The van der Waals surface area contributed by atoms with E-state index in [0.29, 0.717) is 5.95 Å². The van der Waals surface area contributed by atoms with Crippen LogP contribution >= 0.6 is 0 Å². The molecule has 0 saturated carbocycles. The third-order valence-electron chi connectivity index (χ3n) is 4.31. The third-order valence-corrected chi connectivity index (χ3v) is 4.31. The van der Waals surface area contributed by atoms with Gasteiger partial charge in [-0.1, -0.05) is 29.7 Å². The molecule has 23 heavy (non-hydrogen) atoms. The van der Waals surface area contributed by atoms with E-state index in [0.717, 1.165) is 48.7 Å². The Kier molecular flexibility index (Phi) is 5.64. The van der Waals surface area contributed by atoms with Gasteiger partial charge >= 0.3 is 0 Å². The van der Waals surface area contributed by atoms with E-state index in [2.05, 4.69) is 15.3 Å². The van der Waals surface area contributed by atoms with Gasteiger partial charge in [-0.15, -0.1) is 0 Å². The van der Waals surface area contributed by atoms with Crippen molar-refractivity contribution >= 4 is 19.3 Å². The molecule has 0 aliphatic carbocycles. The highest BCUT2D eigenvalue weighted by Gasteiger charge is 2.12. The highest BCUT2D eigenvalue weighted by Crippen LogP contribution is 2.20. The molecule has 0 spiro atoms. The normalized spacial score (nSPS) is 15.5. The summed E-state index contributed by atoms with van der Waals surface area (Å²) in [4.78, 5) is 8.78. The van der Waals surface area contributed by atoms with Gasteiger partial charge in [-0.05, 0) is 37.2 Å². The predicted molar refractivity (Wildman–Crippen MR) is 94.1 cm³/mol. The first-order valence-corrected chi connectivity index (χ1v) is 8.31. The van der Waals surface area contributed by atoms with Crippen molar-refractivity contribution in [2.45, 2.75) is 25.7 Å². The Labute approximate surface area is 139 Å². The van der Waals surface area contributed by atoms with E-state index in [1.54, 1.807) is 0 Å². The average Bonchev–Trinajstić information content (AvgIpc) is 2.61. The zero-order valence-electron chi connectivity index (χ0n) is 13.4. The van der Waals surface area contributed by atoms with Crippen LogP contribution in [0.3, 0.4) is 0 Å². The molecule has 2 radical (unpaired) electrons. The minimum absolute atomic E-state index is 0.691. The van der Waals surface area contributed by atoms with Crippen LogP contribution < -0.4 is 10.8 Å². The average molecular weight is 307 g/mol. The van der Waals surface area contributed by atoms with Crippen molar-refractivity contribution < 1.29 is 4.74 Å². The van der Waals surface area contributed by atoms with Crippen molar-refractivity contribution in [3.8, 4) is 11.1 Å². The van der Waals surface area contributed by atoms with Crippen molar-refractivity contribution in [1.29, 1.82) is 0 Å². The molecule has 1 fully saturated rings. The Bertz CT molecular complexity index is 595. The summed E-state index contributed by atoms with van der Waals surface area (Å²) in [6.45, 7) is 2.76. The second-order valence-corrected chi connectivity index (χ2v) is 6.04. The molecule has 0 amide bonds. The van der Waals surface area contributed by atoms with Crippen molar-refractivity contribution in [3.63, 3.8) is 0 Å². The lowest BCUT2D eigenvalue weighted by Crippen LogP contribution is -2.16. The molecule has 1 aliphatic rings. The number of rotatable bonds is 6. The van der Waals surface area contributed by atoms with E-state index < -0.39 is 0 Å². The van der Waals surface area contributed by atoms with Gasteiger partial charge in [0.25, 0.3) is 0 Å². The number of ether oxygens (including phenoxy) is 1. The van der Waals surface area contributed by atoms with Crippen LogP contribution in [-0.2, 0) is 4.74 Å². The molecule has 3 rings (SSSR count). The smallest absolute Gasteiger partial charge is 0.222 e. The van der Waals surface area contributed by atoms with E-state index in [9.17, 15) is 0 Å². The first-order chi connectivity index (χ1) is 11.3. The Hall–Kier alpha value is -1.88. The van der Waals surface area contributed by atoms with Gasteiger partial charge in [0.05, 0.1) is 0 Å². The second kappa shape index (κ2) is 8.11. The molecular formula is C18H22BN3O. The molecule has 0 bridgehead atoms. The minimum Gasteiger partial charge on any atom is -0.381 e. The maximum atomic E-state index is 5.70. The molecule has 1 N–H and O–H groups in total. The number of hydrogen-bond donors (Lipinski definition) is 1. The molecule has 1 aromatic heterocycles. The Morgan fingerprint density at radius 2 is 1.74 bits per heavy atom. The summed E-state index contributed by atoms with van der Waals surface area (Å²) in [5, 5.41) is 3.30. The van der Waals surface area contributed by atoms with E-state index >= 15 is 0 Å². The van der Waals surface area contributed by atoms with Crippen molar-refractivity contribution in [3.05, 3.63) is 36.7 Å². The molecule has 1 aromatic carbocycles. The second-order valence-electron chi connectivity index (χ2n) is 6.04. The van der Waals surface area contributed by atoms with Gasteiger partial charge < -0.3 is 10.1 Å². The topological polar surface area (TPSA) is 47.0 Å². The van der Waals surface area contributed by atoms with E-state index in [1.807, 2.05) is 36.7 Å². The standard InChI is InChI=1S/C18H22BN3O/c19-17-5-3-15(4-6-17)16-12-21-18(22-13-16)20-9-1-2-14-7-10-23-11-8-14/h3-6,12-14H,1-2,7-11H2,(H,20,21,22). The Morgan fingerprint density at radius 3 is 2.43 bits per heavy atom. The van der Waals surface area contributed by atoms with Crippen LogP contribution in [0.5, 0.6) is 0 Å². The van der Waals surface area contributed by atoms with Crippen LogP contribution in [0.2, 0.25) is 0 Å². The van der Waals surface area contributed by atoms with Gasteiger partial charge in [-0.2, -0.15) is 0 Å². The van der Waals surface area contributed by atoms with Crippen molar-refractivity contribution in [2.75, 3.05) is 25.1 Å². The van der Waals surface area contributed by atoms with Crippen LogP contribution in [0, 0.1) is 5.92 Å². The lowest BCUT2D eigenvalue weighted by atomic mass is 9.94. The molecule has 1 saturated heterocycles. The summed E-state index contributed by atoms with van der Waals surface area (Å²) in [5.74, 6) is 1.51. The molecule has 2 heterocycles. The number of hydrogen-bond acceptors (Lipinski definition) is 4. The molecule has 0 atom stereocenters. The molecular weight excluding hydrogens is 285 g/mol. The summed E-state index contributed by atoms with van der Waals surface area (Å²) in [6, 6.07) is 7.74. The van der Waals surface area contributed by atoms with Gasteiger partial charge in [0.15, 0.2) is 0 Å². The van der Waals surface area contributed by atoms with E-state index in [4.69, 9.17) is 12.6 Å². The first-order valence-electron chi connectivity index (χ1n) is 8.31. The number of anilines is 1. The largest absolute Gasteiger partial charge is 0.381 e. The quantitative estimate of drug-likeness (QED) is 0.658. The predicted octanol–water partition coefficient (Wildman–Crippen LogP) is 2.56. The fraction of sp³-hybridized carbons (Fsp3) is 0.444. The number of nitrogens with zero attached hydrogens (tertiary/aromatic N) is 2. The van der Waals surface area contributed by atoms with E-state index in [1.165, 1.54) is 19.3 Å². The summed E-state index contributed by atoms with van der Waals surface area (Å²) < 4.78 is 5.39. The van der Waals surface area contributed by atoms with Gasteiger partial charge in [-0.3, -0.25) is 0 Å². The third kappa shape index (κ3) is 4.80. The van der Waals surface area contributed by atoms with E-state index in [-0.39, 0.29) is 0 Å². The maximum Gasteiger partial charge on any atom is 0.222 e. The highest BCUT2D eigenvalue weighted by molar-refractivity contribution is 6.32. The van der Waals surface area contributed by atoms with Gasteiger partial charge in [0, 0.05) is 37.7 Å². The SMILES string of the molecule is [B]c1ccc(-c2cnc(NCCCC3CCOCC3)nc2)cc1. The van der Waals surface area contributed by atoms with Gasteiger partial charge in [0.2, 0.25) is 5.95 Å². The van der Waals surface area contributed by atoms with Gasteiger partial charge in [0.1, 0.15) is 7.85 Å². The number of aromatic nitrogens is 2. The summed E-state index contributed by atoms with van der Waals surface area (Å²) in [5.41, 5.74) is 2.83. The van der Waals surface area contributed by atoms with Crippen LogP contribution in [-0.4, -0.2) is 37.6 Å². The molecule has 2 aromatic rings. The van der Waals surface area contributed by atoms with Crippen LogP contribution in [0.1, 0.15) is 25.7 Å². The fourth-order valence-corrected chi connectivity index (χ4v) is 2.87. The molecule has 1 aliphatic heterocycles. The fourth-order valence-electron chi connectivity index (χ4n) is 2.87. The zero-order chi connectivity index (χ0) is 15.9. The molecule has 4 nitrogen and oxygen atoms in total. The Morgan fingerprint density at radius 1 is 1.04 bits per heavy atom. The molecule has 118 valence electrons. The van der Waals surface area contributed by atoms with Crippen LogP contribution in [0.4, 0.5) is 5.95 Å². The molecule has 5 heteroatoms. The van der Waals surface area contributed by atoms with Gasteiger partial charge in [-0.25, -0.2) is 9.97 Å². The zero-order valence-corrected chi connectivity index (χ0v) is 13.4. The monoisotopic (exact) mass is 307 g/mol. The lowest BCUT2D eigenvalue weighted by Gasteiger charge is -2.21. The summed E-state index contributed by atoms with van der Waals surface area (Å²) >= 11 is 0. The van der Waals surface area contributed by atoms with Crippen molar-refractivity contribution in [2.24, 2.45) is 5.92 Å². The summed E-state index contributed by atoms with van der Waals surface area (Å²) in [7, 11) is 5.70. The molecule has 0 unspecified atom stereocenters.